The van der Waals surface area contributed by atoms with Crippen LogP contribution in [0.5, 0.6) is 0 Å². The maximum atomic E-state index is 2.33. The van der Waals surface area contributed by atoms with Gasteiger partial charge in [-0.05, 0) is 0 Å². The third-order valence-corrected chi connectivity index (χ3v) is 0. The molecule has 2 heteroatoms. The molecular weight excluding hydrogens is 83.1 g/mol. The molecule has 0 aliphatic heterocycles. The zero-order valence-electron chi connectivity index (χ0n) is 6.50. The second-order valence-electron chi connectivity index (χ2n) is 3.00. The third kappa shape index (κ3) is 106. The van der Waals surface area contributed by atoms with Gasteiger partial charge >= 0.3 is 18.9 Å². The summed E-state index contributed by atoms with van der Waals surface area (Å²) < 4.78 is 0. The Balaban J connectivity index is -0.0000000800. The maximum absolute atomic E-state index is 2.33. The van der Waals surface area contributed by atoms with Crippen LogP contribution in [0, 0.1) is 0 Å². The Kier molecular flexibility index (Phi) is 4.81. The molecule has 0 rings (SSSR count). The molecule has 0 heterocycles. The summed E-state index contributed by atoms with van der Waals surface area (Å²) >= 11 is 0. The average Bonchev–Trinajstić information content (AvgIpc) is 0.722. The fourth-order valence-corrected chi connectivity index (χ4v) is 0. The zero-order valence-corrected chi connectivity index (χ0v) is 6.50. The molecule has 34 valence electrons. The Labute approximate surface area is 55.0 Å². The molecule has 0 atom stereocenters. The molecule has 0 nitrogen and oxygen atoms in total. The van der Waals surface area contributed by atoms with Crippen molar-refractivity contribution < 1.29 is 20.3 Å². The van der Waals surface area contributed by atoms with Crippen LogP contribution in [-0.2, 0) is 0 Å². The van der Waals surface area contributed by atoms with Crippen LogP contribution in [0.4, 0.5) is 0 Å². The van der Waals surface area contributed by atoms with Gasteiger partial charge in [-0.2, -0.15) is 0 Å². The molecule has 0 saturated carbocycles. The molecule has 0 aromatic rings. The summed E-state index contributed by atoms with van der Waals surface area (Å²) in [4.78, 5) is 0. The van der Waals surface area contributed by atoms with Gasteiger partial charge in [-0.25, -0.2) is 0 Å². The van der Waals surface area contributed by atoms with Crippen LogP contribution in [0.2, 0.25) is 26.2 Å². The van der Waals surface area contributed by atoms with E-state index in [1.807, 2.05) is 0 Å². The second kappa shape index (κ2) is 2.90. The van der Waals surface area contributed by atoms with Gasteiger partial charge in [0.25, 0.3) is 0 Å². The molecule has 0 bridgehead atoms. The molecule has 0 amide bonds. The van der Waals surface area contributed by atoms with Gasteiger partial charge in [0.2, 0.25) is 0 Å². The van der Waals surface area contributed by atoms with Crippen molar-refractivity contribution in [3.63, 3.8) is 0 Å². The molecule has 0 saturated heterocycles. The van der Waals surface area contributed by atoms with Gasteiger partial charge in [0, 0.05) is 8.07 Å². The zero-order chi connectivity index (χ0) is 4.50. The fraction of sp³-hybridized carbons (Fsp3) is 1.00. The molecule has 0 unspecified atom stereocenters. The summed E-state index contributed by atoms with van der Waals surface area (Å²) in [5, 5.41) is 0. The van der Waals surface area contributed by atoms with Crippen molar-refractivity contribution in [1.82, 2.24) is 0 Å². The molecule has 0 spiro atoms. The molecule has 0 aromatic heterocycles. The van der Waals surface area contributed by atoms with Gasteiger partial charge in [-0.15, -0.1) is 0 Å². The first-order chi connectivity index (χ1) is 2.00. The third-order valence-electron chi connectivity index (χ3n) is 0. The topological polar surface area (TPSA) is 0 Å². The van der Waals surface area contributed by atoms with Gasteiger partial charge in [0.05, 0.1) is 0 Å². The van der Waals surface area contributed by atoms with Gasteiger partial charge in [0.15, 0.2) is 0 Å². The van der Waals surface area contributed by atoms with Gasteiger partial charge in [-0.3, -0.25) is 0 Å². The largest absolute Gasteiger partial charge is 1.00 e. The summed E-state index contributed by atoms with van der Waals surface area (Å²) in [5.74, 6) is 0. The van der Waals surface area contributed by atoms with E-state index in [1.54, 1.807) is 0 Å². The molecule has 0 aromatic carbocycles. The number of hydrogen-bond donors (Lipinski definition) is 0. The van der Waals surface area contributed by atoms with E-state index in [0.29, 0.717) is 0 Å². The number of rotatable bonds is 0. The Morgan fingerprint density at radius 2 is 1.00 bits per heavy atom. The predicted molar refractivity (Wildman–Crippen MR) is 30.3 cm³/mol. The van der Waals surface area contributed by atoms with E-state index >= 15 is 0 Å². The number of hydrogen-bond acceptors (Lipinski definition) is 0. The van der Waals surface area contributed by atoms with Crippen molar-refractivity contribution in [2.75, 3.05) is 0 Å². The van der Waals surface area contributed by atoms with E-state index in [-0.39, 0.29) is 20.3 Å². The summed E-state index contributed by atoms with van der Waals surface area (Å²) in [6, 6.07) is 0. The minimum absolute atomic E-state index is 0. The molecular formula is C4H13LiSi. The van der Waals surface area contributed by atoms with Crippen LogP contribution in [0.25, 0.3) is 0 Å². The first kappa shape index (κ1) is 9.94. The predicted octanol–water partition coefficient (Wildman–Crippen LogP) is -0.929. The normalized spacial score (nSPS) is 10.0. The fourth-order valence-electron chi connectivity index (χ4n) is 0. The van der Waals surface area contributed by atoms with E-state index in [9.17, 15) is 0 Å². The van der Waals surface area contributed by atoms with Crippen LogP contribution in [0.15, 0.2) is 0 Å². The van der Waals surface area contributed by atoms with E-state index in [0.717, 1.165) is 0 Å². The minimum Gasteiger partial charge on any atom is -1.00 e. The molecule has 0 aliphatic rings. The molecule has 0 fully saturated rings. The monoisotopic (exact) mass is 96.1 g/mol. The van der Waals surface area contributed by atoms with Crippen molar-refractivity contribution in [2.45, 2.75) is 26.2 Å². The summed E-state index contributed by atoms with van der Waals surface area (Å²) in [7, 11) is -0.611. The van der Waals surface area contributed by atoms with E-state index in [1.165, 1.54) is 0 Å². The van der Waals surface area contributed by atoms with Crippen LogP contribution in [0.3, 0.4) is 0 Å². The quantitative estimate of drug-likeness (QED) is 0.342. The molecule has 6 heavy (non-hydrogen) atoms. The van der Waals surface area contributed by atoms with Crippen molar-refractivity contribution in [3.05, 3.63) is 0 Å². The van der Waals surface area contributed by atoms with Crippen molar-refractivity contribution >= 4 is 8.07 Å². The van der Waals surface area contributed by atoms with Crippen molar-refractivity contribution in [2.24, 2.45) is 0 Å². The Morgan fingerprint density at radius 3 is 1.00 bits per heavy atom. The Bertz CT molecular complexity index is 27.2. The van der Waals surface area contributed by atoms with Crippen LogP contribution in [0.1, 0.15) is 1.43 Å². The Morgan fingerprint density at radius 1 is 1.00 bits per heavy atom. The maximum Gasteiger partial charge on any atom is 1.00 e. The van der Waals surface area contributed by atoms with Crippen LogP contribution >= 0.6 is 0 Å². The van der Waals surface area contributed by atoms with Crippen LogP contribution in [-0.4, -0.2) is 8.07 Å². The van der Waals surface area contributed by atoms with E-state index < -0.39 is 8.07 Å². The smallest absolute Gasteiger partial charge is 1.00 e. The van der Waals surface area contributed by atoms with Gasteiger partial charge in [0.1, 0.15) is 0 Å². The molecule has 0 aliphatic carbocycles. The molecule has 0 radical (unpaired) electrons. The first-order valence-electron chi connectivity index (χ1n) is 2.00. The average molecular weight is 96.2 g/mol. The summed E-state index contributed by atoms with van der Waals surface area (Å²) in [6.07, 6.45) is 0. The summed E-state index contributed by atoms with van der Waals surface area (Å²) in [5.41, 5.74) is 0. The standard InChI is InChI=1S/C4H12Si.Li.H/c1-5(2,3)4;;/h1-4H3;;/q;+1;-1. The molecule has 0 N–H and O–H groups in total. The SMILES string of the molecule is C[Si](C)(C)C.[H-].[Li+]. The van der Waals surface area contributed by atoms with E-state index in [2.05, 4.69) is 26.2 Å². The summed E-state index contributed by atoms with van der Waals surface area (Å²) in [6.45, 7) is 9.31. The minimum atomic E-state index is -0.611. The Hall–Kier alpha value is 0.814. The second-order valence-corrected chi connectivity index (χ2v) is 9.00. The van der Waals surface area contributed by atoms with Crippen molar-refractivity contribution in [1.29, 1.82) is 0 Å². The van der Waals surface area contributed by atoms with E-state index in [4.69, 9.17) is 0 Å². The van der Waals surface area contributed by atoms with Crippen LogP contribution < -0.4 is 18.9 Å². The van der Waals surface area contributed by atoms with Crippen molar-refractivity contribution in [3.8, 4) is 0 Å². The van der Waals surface area contributed by atoms with Gasteiger partial charge < -0.3 is 1.43 Å². The first-order valence-corrected chi connectivity index (χ1v) is 6.00. The van der Waals surface area contributed by atoms with Gasteiger partial charge in [-0.1, -0.05) is 26.2 Å².